The summed E-state index contributed by atoms with van der Waals surface area (Å²) in [5, 5.41) is 2.38. The number of methoxy groups -OCH3 is 1. The van der Waals surface area contributed by atoms with Gasteiger partial charge in [0.05, 0.1) is 40.4 Å². The van der Waals surface area contributed by atoms with Crippen molar-refractivity contribution in [2.24, 2.45) is 5.41 Å². The molecule has 3 aromatic carbocycles. The van der Waals surface area contributed by atoms with E-state index in [-0.39, 0.29) is 29.3 Å². The standard InChI is InChI=1S/C48H56BrN5O4Si/c1-34(56-7)43-39(29-36(31-50-43)53-25-27-54(28-26-53)46(55)57-32-35-17-11-8-12-18-35)44-40(45-41(51-44)23-24-42(49)52-45)30-48(5,6)33-58-59(47(2,3)4,37-19-13-9-14-20-37)38-21-15-10-16-22-38/h8-24,29,31,34,51H,25-28,30,32-33H2,1-7H3/t34-/m0/s1. The predicted molar refractivity (Wildman–Crippen MR) is 244 cm³/mol. The zero-order chi connectivity index (χ0) is 41.8. The highest BCUT2D eigenvalue weighted by Gasteiger charge is 2.51. The van der Waals surface area contributed by atoms with Crippen LogP contribution in [0.15, 0.2) is 120 Å². The number of nitrogens with one attached hydrogen (secondary N) is 1. The van der Waals surface area contributed by atoms with Crippen molar-refractivity contribution in [3.63, 3.8) is 0 Å². The van der Waals surface area contributed by atoms with Crippen molar-refractivity contribution in [1.82, 2.24) is 19.9 Å². The molecule has 1 amide bonds. The van der Waals surface area contributed by atoms with Gasteiger partial charge in [-0.2, -0.15) is 0 Å². The lowest BCUT2D eigenvalue weighted by Gasteiger charge is -2.44. The van der Waals surface area contributed by atoms with Crippen LogP contribution in [0.5, 0.6) is 0 Å². The van der Waals surface area contributed by atoms with Crippen LogP contribution in [0.4, 0.5) is 10.5 Å². The van der Waals surface area contributed by atoms with Gasteiger partial charge in [-0.15, -0.1) is 0 Å². The molecule has 11 heteroatoms. The monoisotopic (exact) mass is 873 g/mol. The van der Waals surface area contributed by atoms with Crippen molar-refractivity contribution >= 4 is 57.4 Å². The first-order valence-electron chi connectivity index (χ1n) is 20.5. The number of halogens is 1. The number of piperazine rings is 1. The predicted octanol–water partition coefficient (Wildman–Crippen LogP) is 9.70. The fraction of sp³-hybridized carbons (Fsp3) is 0.354. The Kier molecular flexibility index (Phi) is 12.8. The lowest BCUT2D eigenvalue weighted by Crippen LogP contribution is -2.67. The van der Waals surface area contributed by atoms with Crippen LogP contribution in [0.1, 0.15) is 64.5 Å². The smallest absolute Gasteiger partial charge is 0.410 e. The van der Waals surface area contributed by atoms with Crippen LogP contribution in [-0.2, 0) is 26.9 Å². The van der Waals surface area contributed by atoms with Gasteiger partial charge in [0.25, 0.3) is 8.32 Å². The molecule has 6 aromatic rings. The highest BCUT2D eigenvalue weighted by molar-refractivity contribution is 9.10. The van der Waals surface area contributed by atoms with Crippen molar-refractivity contribution < 1.29 is 18.7 Å². The summed E-state index contributed by atoms with van der Waals surface area (Å²) in [4.78, 5) is 31.0. The molecule has 9 nitrogen and oxygen atoms in total. The molecule has 1 aliphatic heterocycles. The lowest BCUT2D eigenvalue weighted by molar-refractivity contribution is 0.0941. The number of hydrogen-bond acceptors (Lipinski definition) is 7. The second kappa shape index (κ2) is 17.8. The summed E-state index contributed by atoms with van der Waals surface area (Å²) < 4.78 is 19.9. The average Bonchev–Trinajstić information content (AvgIpc) is 3.59. The van der Waals surface area contributed by atoms with Crippen LogP contribution in [0.25, 0.3) is 22.3 Å². The van der Waals surface area contributed by atoms with Gasteiger partial charge in [0.1, 0.15) is 11.2 Å². The van der Waals surface area contributed by atoms with Gasteiger partial charge in [-0.3, -0.25) is 4.98 Å². The van der Waals surface area contributed by atoms with Crippen molar-refractivity contribution in [3.8, 4) is 11.3 Å². The Labute approximate surface area is 358 Å². The van der Waals surface area contributed by atoms with Gasteiger partial charge in [-0.05, 0) is 73.9 Å². The first-order chi connectivity index (χ1) is 28.3. The summed E-state index contributed by atoms with van der Waals surface area (Å²) in [5.41, 5.74) is 7.40. The second-order valence-electron chi connectivity index (χ2n) is 17.3. The molecule has 0 radical (unpaired) electrons. The Hall–Kier alpha value is -4.81. The van der Waals surface area contributed by atoms with Crippen LogP contribution in [0, 0.1) is 5.41 Å². The molecular weight excluding hydrogens is 819 g/mol. The molecule has 7 rings (SSSR count). The highest BCUT2D eigenvalue weighted by Crippen LogP contribution is 2.42. The van der Waals surface area contributed by atoms with E-state index in [1.807, 2.05) is 49.5 Å². The topological polar surface area (TPSA) is 92.8 Å². The summed E-state index contributed by atoms with van der Waals surface area (Å²) in [6.45, 7) is 16.8. The molecule has 59 heavy (non-hydrogen) atoms. The van der Waals surface area contributed by atoms with Crippen molar-refractivity contribution in [3.05, 3.63) is 137 Å². The Bertz CT molecular complexity index is 2300. The van der Waals surface area contributed by atoms with Crippen molar-refractivity contribution in [2.45, 2.75) is 65.7 Å². The number of rotatable bonds is 13. The van der Waals surface area contributed by atoms with Gasteiger partial charge in [-0.1, -0.05) is 126 Å². The van der Waals surface area contributed by atoms with Crippen LogP contribution in [-0.4, -0.2) is 74.2 Å². The minimum atomic E-state index is -2.78. The number of anilines is 1. The van der Waals surface area contributed by atoms with Crippen molar-refractivity contribution in [2.75, 3.05) is 44.8 Å². The summed E-state index contributed by atoms with van der Waals surface area (Å²) in [6.07, 6.45) is 2.07. The van der Waals surface area contributed by atoms with E-state index in [2.05, 4.69) is 133 Å². The number of H-pyrrole nitrogens is 1. The molecule has 1 N–H and O–H groups in total. The van der Waals surface area contributed by atoms with E-state index >= 15 is 0 Å². The highest BCUT2D eigenvalue weighted by atomic mass is 79.9. The Morgan fingerprint density at radius 2 is 1.47 bits per heavy atom. The second-order valence-corrected chi connectivity index (χ2v) is 22.4. The van der Waals surface area contributed by atoms with Gasteiger partial charge in [0, 0.05) is 51.0 Å². The van der Waals surface area contributed by atoms with E-state index in [4.69, 9.17) is 23.9 Å². The molecule has 0 spiro atoms. The fourth-order valence-corrected chi connectivity index (χ4v) is 13.4. The molecule has 0 aliphatic carbocycles. The molecule has 1 fully saturated rings. The zero-order valence-corrected chi connectivity index (χ0v) is 37.9. The fourth-order valence-electron chi connectivity index (χ4n) is 8.32. The van der Waals surface area contributed by atoms with Crippen LogP contribution in [0.2, 0.25) is 5.04 Å². The van der Waals surface area contributed by atoms with Gasteiger partial charge in [-0.25, -0.2) is 9.78 Å². The molecule has 1 saturated heterocycles. The van der Waals surface area contributed by atoms with Gasteiger partial charge >= 0.3 is 6.09 Å². The number of ether oxygens (including phenoxy) is 2. The van der Waals surface area contributed by atoms with E-state index in [9.17, 15) is 4.79 Å². The summed E-state index contributed by atoms with van der Waals surface area (Å²) in [7, 11) is -1.07. The number of fused-ring (bicyclic) bond motifs is 1. The summed E-state index contributed by atoms with van der Waals surface area (Å²) >= 11 is 3.67. The third-order valence-corrected chi connectivity index (χ3v) is 16.9. The van der Waals surface area contributed by atoms with Crippen LogP contribution in [0.3, 0.4) is 0 Å². The first kappa shape index (κ1) is 42.3. The van der Waals surface area contributed by atoms with E-state index in [1.165, 1.54) is 10.4 Å². The van der Waals surface area contributed by atoms with E-state index in [1.54, 1.807) is 12.0 Å². The Morgan fingerprint density at radius 3 is 2.07 bits per heavy atom. The number of amides is 1. The number of aromatic amines is 1. The molecule has 308 valence electrons. The number of carbonyl (C=O) groups is 1. The van der Waals surface area contributed by atoms with Gasteiger partial charge in [0.15, 0.2) is 0 Å². The first-order valence-corrected chi connectivity index (χ1v) is 23.2. The largest absolute Gasteiger partial charge is 0.445 e. The number of pyridine rings is 2. The van der Waals surface area contributed by atoms with Gasteiger partial charge in [0.2, 0.25) is 0 Å². The van der Waals surface area contributed by atoms with Crippen LogP contribution >= 0.6 is 15.9 Å². The molecule has 3 aromatic heterocycles. The number of aromatic nitrogens is 3. The number of hydrogen-bond donors (Lipinski definition) is 1. The van der Waals surface area contributed by atoms with Gasteiger partial charge < -0.3 is 28.7 Å². The van der Waals surface area contributed by atoms with E-state index in [0.717, 1.165) is 49.4 Å². The minimum absolute atomic E-state index is 0.143. The number of nitrogens with zero attached hydrogens (tertiary/aromatic N) is 4. The maximum atomic E-state index is 13.0. The van der Waals surface area contributed by atoms with Crippen molar-refractivity contribution in [1.29, 1.82) is 0 Å². The quantitative estimate of drug-likeness (QED) is 0.0913. The third kappa shape index (κ3) is 9.18. The molecule has 1 aliphatic rings. The van der Waals surface area contributed by atoms with E-state index in [0.29, 0.717) is 39.2 Å². The molecule has 0 unspecified atom stereocenters. The number of benzene rings is 3. The molecule has 4 heterocycles. The molecule has 0 bridgehead atoms. The SMILES string of the molecule is CO[C@@H](C)c1ncc(N2CCN(C(=O)OCc3ccccc3)CC2)cc1-c1[nH]c2ccc(Br)nc2c1CC(C)(C)CO[Si](c1ccccc1)(c1ccccc1)C(C)(C)C. The Morgan fingerprint density at radius 1 is 0.864 bits per heavy atom. The van der Waals surface area contributed by atoms with Crippen LogP contribution < -0.4 is 15.3 Å². The summed E-state index contributed by atoms with van der Waals surface area (Å²) in [5.74, 6) is 0. The molecule has 1 atom stereocenters. The zero-order valence-electron chi connectivity index (χ0n) is 35.3. The maximum Gasteiger partial charge on any atom is 0.410 e. The molecule has 0 saturated carbocycles. The number of carbonyl (C=O) groups excluding carboxylic acids is 1. The maximum absolute atomic E-state index is 13.0. The third-order valence-electron chi connectivity index (χ3n) is 11.5. The lowest BCUT2D eigenvalue weighted by atomic mass is 9.85. The molecular formula is C48H56BrN5O4Si. The minimum Gasteiger partial charge on any atom is -0.445 e. The average molecular weight is 875 g/mol. The Balaban J connectivity index is 1.20. The normalized spacial score (nSPS) is 14.4. The van der Waals surface area contributed by atoms with E-state index < -0.39 is 8.32 Å². The summed E-state index contributed by atoms with van der Waals surface area (Å²) in [6, 6.07) is 37.7.